The van der Waals surface area contributed by atoms with Crippen molar-refractivity contribution in [3.63, 3.8) is 0 Å². The van der Waals surface area contributed by atoms with Gasteiger partial charge in [0.15, 0.2) is 0 Å². The van der Waals surface area contributed by atoms with Gasteiger partial charge >= 0.3 is 15.2 Å². The standard InChI is InChI=1S/C20H21BrNO5PS.C20H23BrNO3PS/c1-3-26-28(25,27-4-2)17(13-14-8-7-9-15(12-14)22(23)24)20-19(21)16-10-5-6-11-18(16)29-20;1-3-24-26(23,25-4-2)17(13-14-8-7-9-15(22)12-14)20-19(21)16-10-5-6-11-18(16)27-20/h5-12,17H,3-4,13H2,1-2H3;5-12,17H,3-4,13,22H2,1-2H3. The number of non-ortho nitro benzene ring substituents is 1. The van der Waals surface area contributed by atoms with Crippen molar-refractivity contribution < 1.29 is 32.1 Å². The van der Waals surface area contributed by atoms with Crippen molar-refractivity contribution in [3.05, 3.63) is 137 Å². The number of hydrogen-bond donors (Lipinski definition) is 1. The molecule has 0 saturated heterocycles. The smallest absolute Gasteiger partial charge is 0.339 e. The Kier molecular flexibility index (Phi) is 16.1. The van der Waals surface area contributed by atoms with Crippen LogP contribution in [0, 0.1) is 10.1 Å². The van der Waals surface area contributed by atoms with Gasteiger partial charge < -0.3 is 23.8 Å². The first kappa shape index (κ1) is 44.4. The quantitative estimate of drug-likeness (QED) is 0.0409. The van der Waals surface area contributed by atoms with Gasteiger partial charge in [0.2, 0.25) is 0 Å². The van der Waals surface area contributed by atoms with Crippen molar-refractivity contribution in [1.82, 2.24) is 0 Å². The van der Waals surface area contributed by atoms with Gasteiger partial charge in [0, 0.05) is 56.7 Å². The van der Waals surface area contributed by atoms with Crippen molar-refractivity contribution in [2.24, 2.45) is 0 Å². The van der Waals surface area contributed by atoms with Crippen molar-refractivity contribution >= 4 is 101 Å². The number of nitrogens with two attached hydrogens (primary N) is 1. The molecular weight excluding hydrogens is 922 g/mol. The Hall–Kier alpha value is -2.74. The van der Waals surface area contributed by atoms with E-state index in [0.29, 0.717) is 37.3 Å². The van der Waals surface area contributed by atoms with Gasteiger partial charge in [-0.2, -0.15) is 0 Å². The normalized spacial score (nSPS) is 13.0. The van der Waals surface area contributed by atoms with Crippen LogP contribution in [0.4, 0.5) is 11.4 Å². The lowest BCUT2D eigenvalue weighted by Gasteiger charge is -2.26. The average molecular weight is 967 g/mol. The zero-order valence-corrected chi connectivity index (χ0v) is 38.0. The third-order valence-corrected chi connectivity index (χ3v) is 18.7. The van der Waals surface area contributed by atoms with Crippen molar-refractivity contribution in [3.8, 4) is 0 Å². The number of nitro benzene ring substituents is 1. The van der Waals surface area contributed by atoms with Gasteiger partial charge in [-0.15, -0.1) is 22.7 Å². The molecule has 0 amide bonds. The summed E-state index contributed by atoms with van der Waals surface area (Å²) in [6.07, 6.45) is 0.818. The maximum absolute atomic E-state index is 13.8. The highest BCUT2D eigenvalue weighted by Crippen LogP contribution is 2.66. The molecule has 0 aliphatic heterocycles. The summed E-state index contributed by atoms with van der Waals surface area (Å²) in [6, 6.07) is 30.1. The van der Waals surface area contributed by atoms with E-state index in [2.05, 4.69) is 44.0 Å². The predicted octanol–water partition coefficient (Wildman–Crippen LogP) is 13.9. The number of halogens is 2. The van der Waals surface area contributed by atoms with Crippen molar-refractivity contribution in [1.29, 1.82) is 0 Å². The van der Waals surface area contributed by atoms with Crippen LogP contribution < -0.4 is 5.73 Å². The molecule has 0 aliphatic rings. The maximum atomic E-state index is 13.8. The lowest BCUT2D eigenvalue weighted by molar-refractivity contribution is -0.384. The fourth-order valence-electron chi connectivity index (χ4n) is 6.31. The van der Waals surface area contributed by atoms with E-state index in [0.717, 1.165) is 44.4 Å². The first-order valence-corrected chi connectivity index (χ1v) is 24.5. The van der Waals surface area contributed by atoms with Gasteiger partial charge in [0.25, 0.3) is 5.69 Å². The topological polar surface area (TPSA) is 140 Å². The number of thiophene rings is 2. The van der Waals surface area contributed by atoms with E-state index in [-0.39, 0.29) is 18.9 Å². The average Bonchev–Trinajstić information content (AvgIpc) is 3.69. The van der Waals surface area contributed by atoms with Crippen molar-refractivity contribution in [2.75, 3.05) is 32.2 Å². The van der Waals surface area contributed by atoms with E-state index in [9.17, 15) is 19.2 Å². The molecule has 2 N–H and O–H groups in total. The molecule has 6 aromatic rings. The van der Waals surface area contributed by atoms with Gasteiger partial charge in [-0.05, 0) is 108 Å². The second-order valence-electron chi connectivity index (χ2n) is 12.4. The van der Waals surface area contributed by atoms with Crippen LogP contribution in [-0.2, 0) is 40.1 Å². The number of nitrogen functional groups attached to an aromatic ring is 1. The second-order valence-corrected chi connectivity index (χ2v) is 20.6. The molecule has 56 heavy (non-hydrogen) atoms. The molecule has 2 aromatic heterocycles. The summed E-state index contributed by atoms with van der Waals surface area (Å²) in [5, 5.41) is 13.3. The minimum Gasteiger partial charge on any atom is -0.399 e. The Morgan fingerprint density at radius 1 is 0.643 bits per heavy atom. The van der Waals surface area contributed by atoms with Crippen LogP contribution in [0.1, 0.15) is 59.9 Å². The minimum atomic E-state index is -3.53. The molecule has 0 fully saturated rings. The molecule has 0 saturated carbocycles. The summed E-state index contributed by atoms with van der Waals surface area (Å²) < 4.78 is 54.3. The number of nitro groups is 1. The van der Waals surface area contributed by atoms with Crippen LogP contribution in [0.3, 0.4) is 0 Å². The Bertz CT molecular complexity index is 2350. The van der Waals surface area contributed by atoms with E-state index >= 15 is 0 Å². The number of hydrogen-bond acceptors (Lipinski definition) is 11. The SMILES string of the molecule is CCOP(=O)(OCC)C(Cc1cccc(N)c1)c1sc2ccccc2c1Br.CCOP(=O)(OCC)C(Cc1cccc([N+](=O)[O-])c1)c1sc2ccccc2c1Br. The molecular formula is C40H44Br2N2O8P2S2. The van der Waals surface area contributed by atoms with Gasteiger partial charge in [0.1, 0.15) is 11.3 Å². The van der Waals surface area contributed by atoms with Crippen LogP contribution in [-0.4, -0.2) is 31.4 Å². The molecule has 10 nitrogen and oxygen atoms in total. The summed E-state index contributed by atoms with van der Waals surface area (Å²) in [5.74, 6) is 0. The fraction of sp³-hybridized carbons (Fsp3) is 0.300. The van der Waals surface area contributed by atoms with Crippen LogP contribution >= 0.6 is 69.7 Å². The molecule has 0 aliphatic carbocycles. The van der Waals surface area contributed by atoms with Crippen LogP contribution in [0.2, 0.25) is 0 Å². The molecule has 0 bridgehead atoms. The highest BCUT2D eigenvalue weighted by molar-refractivity contribution is 9.11. The van der Waals surface area contributed by atoms with Gasteiger partial charge in [-0.3, -0.25) is 19.2 Å². The molecule has 6 rings (SSSR count). The first-order chi connectivity index (χ1) is 26.9. The third-order valence-electron chi connectivity index (χ3n) is 8.65. The largest absolute Gasteiger partial charge is 0.399 e. The van der Waals surface area contributed by atoms with E-state index in [4.69, 9.17) is 23.8 Å². The van der Waals surface area contributed by atoms with Crippen molar-refractivity contribution in [2.45, 2.75) is 51.9 Å². The number of fused-ring (bicyclic) bond motifs is 2. The molecule has 2 heterocycles. The van der Waals surface area contributed by atoms with E-state index in [1.54, 1.807) is 37.3 Å². The van der Waals surface area contributed by atoms with E-state index in [1.165, 1.54) is 23.5 Å². The fourth-order valence-corrected chi connectivity index (χ4v) is 15.9. The zero-order valence-electron chi connectivity index (χ0n) is 31.4. The monoisotopic (exact) mass is 964 g/mol. The third kappa shape index (κ3) is 10.5. The Balaban J connectivity index is 0.000000215. The summed E-state index contributed by atoms with van der Waals surface area (Å²) >= 11 is 10.5. The van der Waals surface area contributed by atoms with Gasteiger partial charge in [-0.1, -0.05) is 60.7 Å². The van der Waals surface area contributed by atoms with Gasteiger partial charge in [0.05, 0.1) is 31.4 Å². The molecule has 2 unspecified atom stereocenters. The number of rotatable bonds is 17. The summed E-state index contributed by atoms with van der Waals surface area (Å²) in [4.78, 5) is 12.6. The van der Waals surface area contributed by atoms with Crippen LogP contribution in [0.15, 0.2) is 106 Å². The summed E-state index contributed by atoms with van der Waals surface area (Å²) in [6.45, 7) is 8.36. The second kappa shape index (κ2) is 20.3. The molecule has 4 aromatic carbocycles. The highest BCUT2D eigenvalue weighted by Gasteiger charge is 2.41. The Labute approximate surface area is 352 Å². The highest BCUT2D eigenvalue weighted by atomic mass is 79.9. The lowest BCUT2D eigenvalue weighted by Crippen LogP contribution is -2.09. The minimum absolute atomic E-state index is 0.000640. The number of benzene rings is 4. The molecule has 0 radical (unpaired) electrons. The molecule has 298 valence electrons. The van der Waals surface area contributed by atoms with E-state index < -0.39 is 31.4 Å². The molecule has 0 spiro atoms. The number of nitrogens with zero attached hydrogens (tertiary/aromatic N) is 1. The molecule has 2 atom stereocenters. The van der Waals surface area contributed by atoms with Gasteiger partial charge in [-0.25, -0.2) is 0 Å². The van der Waals surface area contributed by atoms with Crippen LogP contribution in [0.25, 0.3) is 20.2 Å². The summed E-state index contributed by atoms with van der Waals surface area (Å²) in [5.41, 5.74) is 7.34. The Morgan fingerprint density at radius 3 is 1.45 bits per heavy atom. The lowest BCUT2D eigenvalue weighted by atomic mass is 10.1. The predicted molar refractivity (Wildman–Crippen MR) is 238 cm³/mol. The Morgan fingerprint density at radius 2 is 1.05 bits per heavy atom. The molecule has 16 heteroatoms. The number of anilines is 1. The summed E-state index contributed by atoms with van der Waals surface area (Å²) in [7, 11) is -6.90. The maximum Gasteiger partial charge on any atom is 0.339 e. The first-order valence-electron chi connectivity index (χ1n) is 18.1. The zero-order chi connectivity index (χ0) is 40.5. The van der Waals surface area contributed by atoms with Crippen LogP contribution in [0.5, 0.6) is 0 Å². The van der Waals surface area contributed by atoms with E-state index in [1.807, 2.05) is 74.5 Å².